The van der Waals surface area contributed by atoms with Gasteiger partial charge in [-0.1, -0.05) is 23.7 Å². The highest BCUT2D eigenvalue weighted by Crippen LogP contribution is 2.33. The maximum Gasteiger partial charge on any atom is 0.267 e. The first kappa shape index (κ1) is 25.7. The molecule has 0 fully saturated rings. The van der Waals surface area contributed by atoms with E-state index in [4.69, 9.17) is 22.1 Å². The Morgan fingerprint density at radius 1 is 1.11 bits per heavy atom. The number of methoxy groups -OCH3 is 1. The summed E-state index contributed by atoms with van der Waals surface area (Å²) in [5.74, 6) is -1.37. The maximum atomic E-state index is 14.6. The summed E-state index contributed by atoms with van der Waals surface area (Å²) in [5.41, 5.74) is 6.22. The number of benzene rings is 1. The lowest BCUT2D eigenvalue weighted by molar-refractivity contribution is -0.121. The molecule has 1 aromatic carbocycles. The summed E-state index contributed by atoms with van der Waals surface area (Å²) in [6.07, 6.45) is 4.43. The predicted molar refractivity (Wildman–Crippen MR) is 136 cm³/mol. The van der Waals surface area contributed by atoms with Crippen molar-refractivity contribution in [3.63, 3.8) is 0 Å². The van der Waals surface area contributed by atoms with Crippen LogP contribution in [-0.2, 0) is 17.6 Å². The summed E-state index contributed by atoms with van der Waals surface area (Å²) >= 11 is 6.05. The molecule has 4 rings (SSSR count). The molecule has 1 unspecified atom stereocenters. The van der Waals surface area contributed by atoms with Crippen LogP contribution in [0, 0.1) is 5.82 Å². The van der Waals surface area contributed by atoms with Crippen molar-refractivity contribution in [2.45, 2.75) is 18.9 Å². The second-order valence-corrected chi connectivity index (χ2v) is 8.66. The van der Waals surface area contributed by atoms with Gasteiger partial charge in [-0.25, -0.2) is 4.39 Å². The number of hydrogen-bond donors (Lipinski definition) is 1. The van der Waals surface area contributed by atoms with Crippen molar-refractivity contribution >= 4 is 23.3 Å². The molecule has 0 saturated heterocycles. The Balaban J connectivity index is 1.76. The molecule has 1 atom stereocenters. The van der Waals surface area contributed by atoms with Crippen LogP contribution in [-0.4, -0.2) is 33.3 Å². The Hall–Kier alpha value is -4.37. The van der Waals surface area contributed by atoms with Gasteiger partial charge in [0.1, 0.15) is 23.3 Å². The minimum Gasteiger partial charge on any atom is -0.495 e. The van der Waals surface area contributed by atoms with E-state index in [0.29, 0.717) is 16.3 Å². The first-order valence-corrected chi connectivity index (χ1v) is 11.6. The quantitative estimate of drug-likeness (QED) is 0.359. The molecule has 1 amide bonds. The molecule has 4 aromatic rings. The smallest absolute Gasteiger partial charge is 0.267 e. The lowest BCUT2D eigenvalue weighted by Gasteiger charge is -2.21. The number of amides is 1. The molecule has 3 heterocycles. The van der Waals surface area contributed by atoms with Gasteiger partial charge in [0.15, 0.2) is 5.78 Å². The van der Waals surface area contributed by atoms with Crippen LogP contribution in [0.4, 0.5) is 4.39 Å². The van der Waals surface area contributed by atoms with Crippen LogP contribution in [0.3, 0.4) is 0 Å². The van der Waals surface area contributed by atoms with Gasteiger partial charge in [-0.3, -0.25) is 24.4 Å². The monoisotopic (exact) mass is 520 g/mol. The second-order valence-electron chi connectivity index (χ2n) is 8.23. The number of ether oxygens (including phenoxy) is 1. The molecule has 0 aliphatic carbocycles. The average molecular weight is 521 g/mol. The van der Waals surface area contributed by atoms with Gasteiger partial charge in [-0.15, -0.1) is 0 Å². The lowest BCUT2D eigenvalue weighted by atomic mass is 9.99. The third-order valence-electron chi connectivity index (χ3n) is 5.77. The third kappa shape index (κ3) is 5.90. The highest BCUT2D eigenvalue weighted by atomic mass is 35.5. The van der Waals surface area contributed by atoms with E-state index in [0.717, 1.165) is 0 Å². The van der Waals surface area contributed by atoms with E-state index in [1.165, 1.54) is 54.4 Å². The van der Waals surface area contributed by atoms with Crippen LogP contribution in [0.1, 0.15) is 27.8 Å². The summed E-state index contributed by atoms with van der Waals surface area (Å²) in [7, 11) is 1.39. The molecule has 0 aliphatic rings. The predicted octanol–water partition coefficient (Wildman–Crippen LogP) is 3.80. The molecule has 0 bridgehead atoms. The van der Waals surface area contributed by atoms with Crippen LogP contribution in [0.25, 0.3) is 11.1 Å². The van der Waals surface area contributed by atoms with E-state index < -0.39 is 23.3 Å². The summed E-state index contributed by atoms with van der Waals surface area (Å²) in [6, 6.07) is 12.6. The molecule has 0 aliphatic heterocycles. The van der Waals surface area contributed by atoms with Gasteiger partial charge in [0.05, 0.1) is 13.3 Å². The highest BCUT2D eigenvalue weighted by Gasteiger charge is 2.25. The number of halogens is 2. The van der Waals surface area contributed by atoms with Crippen molar-refractivity contribution in [3.05, 3.63) is 111 Å². The molecular weight excluding hydrogens is 499 g/mol. The minimum absolute atomic E-state index is 0.0665. The molecule has 37 heavy (non-hydrogen) atoms. The van der Waals surface area contributed by atoms with Crippen LogP contribution in [0.5, 0.6) is 5.75 Å². The number of carbonyl (C=O) groups is 2. The van der Waals surface area contributed by atoms with Gasteiger partial charge in [0, 0.05) is 53.1 Å². The Morgan fingerprint density at radius 3 is 2.57 bits per heavy atom. The molecule has 0 radical (unpaired) electrons. The van der Waals surface area contributed by atoms with E-state index in [-0.39, 0.29) is 41.2 Å². The molecule has 188 valence electrons. The first-order valence-electron chi connectivity index (χ1n) is 11.2. The number of ketones is 1. The van der Waals surface area contributed by atoms with Crippen LogP contribution in [0.2, 0.25) is 5.02 Å². The van der Waals surface area contributed by atoms with Crippen LogP contribution >= 0.6 is 11.6 Å². The van der Waals surface area contributed by atoms with Crippen LogP contribution < -0.4 is 16.0 Å². The molecule has 10 heteroatoms. The van der Waals surface area contributed by atoms with Gasteiger partial charge in [0.2, 0.25) is 0 Å². The zero-order valence-corrected chi connectivity index (χ0v) is 20.5. The third-order valence-corrected chi connectivity index (χ3v) is 6.01. The number of pyridine rings is 3. The number of carbonyl (C=O) groups excluding carboxylic acids is 2. The molecular formula is C27H22ClFN4O4. The topological polar surface area (TPSA) is 117 Å². The number of aromatic nitrogens is 3. The van der Waals surface area contributed by atoms with Gasteiger partial charge >= 0.3 is 0 Å². The fourth-order valence-corrected chi connectivity index (χ4v) is 4.10. The normalized spacial score (nSPS) is 11.6. The highest BCUT2D eigenvalue weighted by molar-refractivity contribution is 6.30. The molecule has 8 nitrogen and oxygen atoms in total. The van der Waals surface area contributed by atoms with Crippen molar-refractivity contribution in [1.82, 2.24) is 14.5 Å². The van der Waals surface area contributed by atoms with E-state index >= 15 is 0 Å². The minimum atomic E-state index is -0.953. The lowest BCUT2D eigenvalue weighted by Crippen LogP contribution is -2.32. The SMILES string of the molecule is COc1cn(C(Cc2ccccn2)C(=O)Cc2ccc(C(N)=O)nc2)c(=O)cc1-c1cc(Cl)ccc1F. The van der Waals surface area contributed by atoms with E-state index in [2.05, 4.69) is 9.97 Å². The zero-order chi connectivity index (χ0) is 26.5. The Kier molecular flexibility index (Phi) is 7.74. The molecule has 0 saturated carbocycles. The van der Waals surface area contributed by atoms with Gasteiger partial charge in [-0.05, 0) is 42.0 Å². The number of nitrogens with two attached hydrogens (primary N) is 1. The maximum absolute atomic E-state index is 14.6. The Morgan fingerprint density at radius 2 is 1.92 bits per heavy atom. The second kappa shape index (κ2) is 11.1. The Bertz CT molecular complexity index is 1510. The summed E-state index contributed by atoms with van der Waals surface area (Å²) in [6.45, 7) is 0. The van der Waals surface area contributed by atoms with Gasteiger partial charge in [0.25, 0.3) is 11.5 Å². The number of nitrogens with zero attached hydrogens (tertiary/aromatic N) is 3. The fraction of sp³-hybridized carbons (Fsp3) is 0.148. The number of Topliss-reactive ketones (excluding diaryl/α,β-unsaturated/α-hetero) is 1. The molecule has 3 aromatic heterocycles. The van der Waals surface area contributed by atoms with E-state index in [1.807, 2.05) is 0 Å². The largest absolute Gasteiger partial charge is 0.495 e. The van der Waals surface area contributed by atoms with Crippen molar-refractivity contribution < 1.29 is 18.7 Å². The zero-order valence-electron chi connectivity index (χ0n) is 19.7. The standard InChI is InChI=1S/C27H22ClFN4O4/c1-37-25-15-33(26(35)13-20(25)19-11-17(28)6-7-21(19)29)23(12-18-4-2-3-9-31-18)24(34)10-16-5-8-22(27(30)36)32-14-16/h2-9,11,13-15,23H,10,12H2,1H3,(H2,30,36). The van der Waals surface area contributed by atoms with E-state index in [9.17, 15) is 18.8 Å². The van der Waals surface area contributed by atoms with Crippen molar-refractivity contribution in [2.75, 3.05) is 7.11 Å². The Labute approximate surface area is 216 Å². The van der Waals surface area contributed by atoms with Crippen molar-refractivity contribution in [2.24, 2.45) is 5.73 Å². The summed E-state index contributed by atoms with van der Waals surface area (Å²) in [4.78, 5) is 46.4. The van der Waals surface area contributed by atoms with Gasteiger partial charge < -0.3 is 15.0 Å². The molecule has 0 spiro atoms. The number of hydrogen-bond acceptors (Lipinski definition) is 6. The average Bonchev–Trinajstić information content (AvgIpc) is 2.89. The van der Waals surface area contributed by atoms with E-state index in [1.54, 1.807) is 30.5 Å². The van der Waals surface area contributed by atoms with Gasteiger partial charge in [-0.2, -0.15) is 0 Å². The number of rotatable bonds is 9. The van der Waals surface area contributed by atoms with Crippen molar-refractivity contribution in [1.29, 1.82) is 0 Å². The number of primary amides is 1. The van der Waals surface area contributed by atoms with Crippen LogP contribution in [0.15, 0.2) is 78.0 Å². The summed E-state index contributed by atoms with van der Waals surface area (Å²) in [5, 5.41) is 0.293. The fourth-order valence-electron chi connectivity index (χ4n) is 3.93. The summed E-state index contributed by atoms with van der Waals surface area (Å²) < 4.78 is 21.3. The first-order chi connectivity index (χ1) is 17.8. The molecule has 2 N–H and O–H groups in total. The van der Waals surface area contributed by atoms with Crippen molar-refractivity contribution in [3.8, 4) is 16.9 Å².